The number of aromatic nitrogens is 2. The van der Waals surface area contributed by atoms with E-state index >= 15 is 0 Å². The molecule has 9 heteroatoms. The van der Waals surface area contributed by atoms with Gasteiger partial charge in [-0.2, -0.15) is 0 Å². The van der Waals surface area contributed by atoms with Crippen molar-refractivity contribution in [1.82, 2.24) is 20.6 Å². The number of thioether (sulfide) groups is 1. The minimum Gasteiger partial charge on any atom is -0.341 e. The van der Waals surface area contributed by atoms with Crippen molar-refractivity contribution in [2.45, 2.75) is 44.3 Å². The normalized spacial score (nSPS) is 21.5. The van der Waals surface area contributed by atoms with Crippen LogP contribution >= 0.6 is 11.8 Å². The molecule has 35 heavy (non-hydrogen) atoms. The molecule has 1 aliphatic heterocycles. The number of carbonyl (C=O) groups excluding carboxylic acids is 2. The highest BCUT2D eigenvalue weighted by atomic mass is 32.2. The van der Waals surface area contributed by atoms with Crippen LogP contribution in [0.15, 0.2) is 53.6 Å². The van der Waals surface area contributed by atoms with Crippen molar-refractivity contribution >= 4 is 45.7 Å². The maximum atomic E-state index is 14.1. The molecule has 2 amide bonds. The van der Waals surface area contributed by atoms with E-state index in [0.29, 0.717) is 40.6 Å². The van der Waals surface area contributed by atoms with Crippen molar-refractivity contribution in [3.05, 3.63) is 70.6 Å². The number of benzene rings is 2. The number of nitrogens with one attached hydrogen (secondary N) is 2. The molecule has 1 aliphatic carbocycles. The molecule has 2 aliphatic rings. The summed E-state index contributed by atoms with van der Waals surface area (Å²) in [5.41, 5.74) is 1.70. The van der Waals surface area contributed by atoms with Crippen LogP contribution in [0.25, 0.3) is 16.8 Å². The lowest BCUT2D eigenvalue weighted by Gasteiger charge is -2.35. The lowest BCUT2D eigenvalue weighted by atomic mass is 9.90. The van der Waals surface area contributed by atoms with Gasteiger partial charge >= 0.3 is 0 Å². The predicted molar refractivity (Wildman–Crippen MR) is 136 cm³/mol. The molecule has 5 rings (SSSR count). The van der Waals surface area contributed by atoms with Gasteiger partial charge in [0.1, 0.15) is 5.82 Å². The molecular weight excluding hydrogens is 465 g/mol. The first-order valence-electron chi connectivity index (χ1n) is 11.7. The summed E-state index contributed by atoms with van der Waals surface area (Å²) < 4.78 is 14.1. The van der Waals surface area contributed by atoms with E-state index < -0.39 is 5.91 Å². The van der Waals surface area contributed by atoms with Crippen molar-refractivity contribution in [2.24, 2.45) is 0 Å². The van der Waals surface area contributed by atoms with Crippen LogP contribution in [0.2, 0.25) is 0 Å². The van der Waals surface area contributed by atoms with E-state index in [1.807, 2.05) is 37.4 Å². The van der Waals surface area contributed by atoms with E-state index in [4.69, 9.17) is 0 Å². The van der Waals surface area contributed by atoms with Gasteiger partial charge in [-0.3, -0.25) is 14.9 Å². The van der Waals surface area contributed by atoms with Crippen LogP contribution in [0.1, 0.15) is 36.9 Å². The second kappa shape index (κ2) is 10.1. The van der Waals surface area contributed by atoms with Gasteiger partial charge in [0.2, 0.25) is 5.95 Å². The van der Waals surface area contributed by atoms with Crippen LogP contribution in [0, 0.1) is 5.82 Å². The quantitative estimate of drug-likeness (QED) is 0.486. The maximum Gasteiger partial charge on any atom is 0.290 e. The molecule has 1 saturated carbocycles. The molecule has 0 radical (unpaired) electrons. The van der Waals surface area contributed by atoms with Gasteiger partial charge < -0.3 is 10.2 Å². The average molecular weight is 492 g/mol. The number of fused-ring (bicyclic) bond motifs is 1. The second-order valence-electron chi connectivity index (χ2n) is 8.88. The zero-order valence-electron chi connectivity index (χ0n) is 19.3. The Balaban J connectivity index is 1.18. The smallest absolute Gasteiger partial charge is 0.290 e. The Morgan fingerprint density at radius 2 is 1.89 bits per heavy atom. The van der Waals surface area contributed by atoms with Gasteiger partial charge in [-0.15, -0.1) is 0 Å². The number of nitrogens with zero attached hydrogens (tertiary/aromatic N) is 3. The molecule has 3 aromatic rings. The summed E-state index contributed by atoms with van der Waals surface area (Å²) in [6, 6.07) is 13.5. The lowest BCUT2D eigenvalue weighted by Crippen LogP contribution is -2.41. The van der Waals surface area contributed by atoms with E-state index in [1.165, 1.54) is 0 Å². The van der Waals surface area contributed by atoms with Crippen LogP contribution in [0.4, 0.5) is 15.1 Å². The largest absolute Gasteiger partial charge is 0.341 e. The summed E-state index contributed by atoms with van der Waals surface area (Å²) in [5.74, 6) is 0.0189. The second-order valence-corrected chi connectivity index (χ2v) is 9.90. The third-order valence-corrected chi connectivity index (χ3v) is 7.50. The molecule has 2 aromatic carbocycles. The number of anilines is 1. The number of imide groups is 1. The Morgan fingerprint density at radius 1 is 1.11 bits per heavy atom. The molecule has 0 spiro atoms. The zero-order chi connectivity index (χ0) is 24.4. The average Bonchev–Trinajstić information content (AvgIpc) is 3.20. The molecule has 2 fully saturated rings. The molecule has 0 unspecified atom stereocenters. The minimum absolute atomic E-state index is 0.186. The lowest BCUT2D eigenvalue weighted by molar-refractivity contribution is -0.115. The van der Waals surface area contributed by atoms with Gasteiger partial charge in [0.15, 0.2) is 0 Å². The van der Waals surface area contributed by atoms with Gasteiger partial charge in [0.25, 0.3) is 11.1 Å². The maximum absolute atomic E-state index is 14.1. The summed E-state index contributed by atoms with van der Waals surface area (Å²) in [6.45, 7) is 0.708. The minimum atomic E-state index is -0.395. The summed E-state index contributed by atoms with van der Waals surface area (Å²) in [6.07, 6.45) is 7.34. The Kier molecular flexibility index (Phi) is 6.79. The van der Waals surface area contributed by atoms with E-state index in [1.54, 1.807) is 24.4 Å². The number of halogens is 1. The fourth-order valence-corrected chi connectivity index (χ4v) is 5.40. The highest BCUT2D eigenvalue weighted by Gasteiger charge is 2.27. The van der Waals surface area contributed by atoms with Crippen molar-refractivity contribution in [2.75, 3.05) is 11.9 Å². The Bertz CT molecular complexity index is 1310. The molecule has 0 bridgehead atoms. The molecule has 2 N–H and O–H groups in total. The Morgan fingerprint density at radius 3 is 2.63 bits per heavy atom. The number of hydrogen-bond acceptors (Lipinski definition) is 7. The summed E-state index contributed by atoms with van der Waals surface area (Å²) >= 11 is 0.877. The first-order valence-corrected chi connectivity index (χ1v) is 12.5. The van der Waals surface area contributed by atoms with E-state index in [-0.39, 0.29) is 11.1 Å². The van der Waals surface area contributed by atoms with Crippen molar-refractivity contribution in [1.29, 1.82) is 0 Å². The third kappa shape index (κ3) is 5.21. The molecule has 2 heterocycles. The zero-order valence-corrected chi connectivity index (χ0v) is 20.1. The molecule has 0 atom stereocenters. The van der Waals surface area contributed by atoms with Crippen LogP contribution in [-0.4, -0.2) is 40.2 Å². The molecule has 1 aromatic heterocycles. The van der Waals surface area contributed by atoms with Crippen molar-refractivity contribution in [3.63, 3.8) is 0 Å². The molecular formula is C26H26FN5O2S. The topological polar surface area (TPSA) is 87.2 Å². The summed E-state index contributed by atoms with van der Waals surface area (Å²) in [4.78, 5) is 34.6. The van der Waals surface area contributed by atoms with E-state index in [9.17, 15) is 14.0 Å². The van der Waals surface area contributed by atoms with Gasteiger partial charge in [-0.05, 0) is 66.6 Å². The summed E-state index contributed by atoms with van der Waals surface area (Å²) in [7, 11) is 2.00. The van der Waals surface area contributed by atoms with Crippen molar-refractivity contribution in [3.8, 4) is 0 Å². The van der Waals surface area contributed by atoms with Gasteiger partial charge in [0.05, 0.1) is 10.6 Å². The van der Waals surface area contributed by atoms with Gasteiger partial charge in [-0.1, -0.05) is 30.3 Å². The first kappa shape index (κ1) is 23.4. The number of hydrogen-bond donors (Lipinski definition) is 2. The van der Waals surface area contributed by atoms with Crippen LogP contribution in [0.3, 0.4) is 0 Å². The monoisotopic (exact) mass is 491 g/mol. The van der Waals surface area contributed by atoms with E-state index in [2.05, 4.69) is 25.5 Å². The molecule has 1 saturated heterocycles. The van der Waals surface area contributed by atoms with Crippen LogP contribution in [-0.2, 0) is 11.3 Å². The molecule has 7 nitrogen and oxygen atoms in total. The van der Waals surface area contributed by atoms with Gasteiger partial charge in [-0.25, -0.2) is 14.4 Å². The van der Waals surface area contributed by atoms with Gasteiger partial charge in [0, 0.05) is 37.3 Å². The predicted octanol–water partition coefficient (Wildman–Crippen LogP) is 4.63. The van der Waals surface area contributed by atoms with Crippen molar-refractivity contribution < 1.29 is 14.0 Å². The number of rotatable bonds is 6. The first-order chi connectivity index (χ1) is 17.0. The van der Waals surface area contributed by atoms with E-state index in [0.717, 1.165) is 48.4 Å². The standard InChI is InChI=1S/C26H26FN5O2S/c1-32(25-28-13-12-18(30-25)14-23-24(33)31-26(34)35-23)19-9-7-17(8-10-19)29-15-16-6-11-22(27)21-5-3-2-4-20(16)21/h2-6,11-14,17,19,29H,7-10,15H2,1H3,(H,31,33,34). The third-order valence-electron chi connectivity index (χ3n) is 6.69. The van der Waals surface area contributed by atoms with Crippen LogP contribution in [0.5, 0.6) is 0 Å². The summed E-state index contributed by atoms with van der Waals surface area (Å²) in [5, 5.41) is 7.16. The molecule has 180 valence electrons. The fraction of sp³-hybridized carbons (Fsp3) is 0.308. The SMILES string of the molecule is CN(c1nccc(C=C2SC(=O)NC2=O)n1)C1CCC(NCc2ccc(F)c3ccccc23)CC1. The number of carbonyl (C=O) groups is 2. The Hall–Kier alpha value is -3.30. The fourth-order valence-electron chi connectivity index (χ4n) is 4.73. The van der Waals surface area contributed by atoms with Crippen LogP contribution < -0.4 is 15.5 Å². The number of amides is 2. The highest BCUT2D eigenvalue weighted by molar-refractivity contribution is 8.18. The highest BCUT2D eigenvalue weighted by Crippen LogP contribution is 2.28. The Labute approximate surface area is 207 Å².